The molecule has 0 atom stereocenters. The summed E-state index contributed by atoms with van der Waals surface area (Å²) in [6.07, 6.45) is 4.87. The van der Waals surface area contributed by atoms with Crippen molar-refractivity contribution in [1.82, 2.24) is 4.90 Å². The predicted molar refractivity (Wildman–Crippen MR) is 62.2 cm³/mol. The van der Waals surface area contributed by atoms with E-state index < -0.39 is 11.6 Å². The molecule has 1 aliphatic rings. The van der Waals surface area contributed by atoms with Gasteiger partial charge in [0, 0.05) is 6.54 Å². The van der Waals surface area contributed by atoms with Crippen LogP contribution in [-0.2, 0) is 9.53 Å². The van der Waals surface area contributed by atoms with Crippen molar-refractivity contribution in [2.75, 3.05) is 27.2 Å². The number of rotatable bonds is 5. The first-order valence-electron chi connectivity index (χ1n) is 6.09. The zero-order valence-electron chi connectivity index (χ0n) is 10.4. The van der Waals surface area contributed by atoms with E-state index in [0.717, 1.165) is 32.2 Å². The molecule has 1 rings (SSSR count). The second kappa shape index (κ2) is 6.21. The second-order valence-electron chi connectivity index (χ2n) is 4.88. The van der Waals surface area contributed by atoms with Crippen molar-refractivity contribution >= 4 is 5.97 Å². The number of hydrogen-bond donors (Lipinski definition) is 1. The number of ether oxygens (including phenoxy) is 1. The molecule has 0 aromatic carbocycles. The third-order valence-corrected chi connectivity index (χ3v) is 3.04. The van der Waals surface area contributed by atoms with Crippen molar-refractivity contribution in [3.63, 3.8) is 0 Å². The molecule has 1 fully saturated rings. The minimum absolute atomic E-state index is 0.402. The standard InChI is InChI=1S/C12H23NO3/c1-13(2)9-6-10-16-11(14)12(15)7-4-3-5-8-12/h15H,3-10H2,1-2H3. The van der Waals surface area contributed by atoms with Gasteiger partial charge in [-0.2, -0.15) is 0 Å². The van der Waals surface area contributed by atoms with Crippen molar-refractivity contribution in [3.8, 4) is 0 Å². The molecule has 0 saturated heterocycles. The van der Waals surface area contributed by atoms with Crippen LogP contribution in [0.25, 0.3) is 0 Å². The monoisotopic (exact) mass is 229 g/mol. The van der Waals surface area contributed by atoms with E-state index in [9.17, 15) is 9.90 Å². The van der Waals surface area contributed by atoms with E-state index >= 15 is 0 Å². The number of carbonyl (C=O) groups excluding carboxylic acids is 1. The number of hydrogen-bond acceptors (Lipinski definition) is 4. The molecule has 16 heavy (non-hydrogen) atoms. The van der Waals surface area contributed by atoms with E-state index in [1.54, 1.807) is 0 Å². The molecule has 1 N–H and O–H groups in total. The summed E-state index contributed by atoms with van der Waals surface area (Å²) in [7, 11) is 3.97. The van der Waals surface area contributed by atoms with Gasteiger partial charge >= 0.3 is 5.97 Å². The van der Waals surface area contributed by atoms with E-state index in [1.165, 1.54) is 0 Å². The normalized spacial score (nSPS) is 19.8. The Morgan fingerprint density at radius 2 is 1.94 bits per heavy atom. The Morgan fingerprint density at radius 1 is 1.31 bits per heavy atom. The number of carbonyl (C=O) groups is 1. The minimum Gasteiger partial charge on any atom is -0.464 e. The first-order chi connectivity index (χ1) is 7.54. The highest BCUT2D eigenvalue weighted by molar-refractivity contribution is 5.79. The van der Waals surface area contributed by atoms with Crippen molar-refractivity contribution in [2.45, 2.75) is 44.1 Å². The molecule has 4 nitrogen and oxygen atoms in total. The van der Waals surface area contributed by atoms with Gasteiger partial charge in [-0.25, -0.2) is 4.79 Å². The molecule has 0 bridgehead atoms. The molecule has 0 radical (unpaired) electrons. The maximum atomic E-state index is 11.7. The topological polar surface area (TPSA) is 49.8 Å². The molecular weight excluding hydrogens is 206 g/mol. The van der Waals surface area contributed by atoms with Crippen LogP contribution >= 0.6 is 0 Å². The minimum atomic E-state index is -1.20. The number of esters is 1. The summed E-state index contributed by atoms with van der Waals surface area (Å²) in [5.74, 6) is -0.425. The Kier molecular flexibility index (Phi) is 5.22. The lowest BCUT2D eigenvalue weighted by atomic mass is 9.85. The Morgan fingerprint density at radius 3 is 2.50 bits per heavy atom. The molecule has 94 valence electrons. The summed E-state index contributed by atoms with van der Waals surface area (Å²) >= 11 is 0. The van der Waals surface area contributed by atoms with E-state index in [1.807, 2.05) is 19.0 Å². The Labute approximate surface area is 97.6 Å². The lowest BCUT2D eigenvalue weighted by Crippen LogP contribution is -2.42. The van der Waals surface area contributed by atoms with Crippen LogP contribution in [-0.4, -0.2) is 48.8 Å². The highest BCUT2D eigenvalue weighted by Gasteiger charge is 2.38. The highest BCUT2D eigenvalue weighted by Crippen LogP contribution is 2.29. The largest absolute Gasteiger partial charge is 0.464 e. The van der Waals surface area contributed by atoms with Crippen LogP contribution in [0.2, 0.25) is 0 Å². The molecule has 0 spiro atoms. The van der Waals surface area contributed by atoms with Crippen molar-refractivity contribution in [1.29, 1.82) is 0 Å². The maximum Gasteiger partial charge on any atom is 0.338 e. The summed E-state index contributed by atoms with van der Waals surface area (Å²) in [6, 6.07) is 0. The predicted octanol–water partition coefficient (Wildman–Crippen LogP) is 1.18. The Bertz CT molecular complexity index is 222. The van der Waals surface area contributed by atoms with Gasteiger partial charge in [0.1, 0.15) is 0 Å². The van der Waals surface area contributed by atoms with E-state index in [4.69, 9.17) is 4.74 Å². The zero-order valence-corrected chi connectivity index (χ0v) is 10.4. The van der Waals surface area contributed by atoms with Gasteiger partial charge in [0.15, 0.2) is 5.60 Å². The number of nitrogens with zero attached hydrogens (tertiary/aromatic N) is 1. The van der Waals surface area contributed by atoms with E-state index in [-0.39, 0.29) is 0 Å². The van der Waals surface area contributed by atoms with Crippen molar-refractivity contribution in [3.05, 3.63) is 0 Å². The molecule has 0 unspecified atom stereocenters. The first kappa shape index (κ1) is 13.5. The van der Waals surface area contributed by atoms with Gasteiger partial charge in [-0.1, -0.05) is 6.42 Å². The quantitative estimate of drug-likeness (QED) is 0.568. The van der Waals surface area contributed by atoms with Gasteiger partial charge in [-0.3, -0.25) is 0 Å². The van der Waals surface area contributed by atoms with Gasteiger partial charge in [0.05, 0.1) is 6.61 Å². The van der Waals surface area contributed by atoms with Gasteiger partial charge in [-0.05, 0) is 46.2 Å². The summed E-state index contributed by atoms with van der Waals surface area (Å²) in [5, 5.41) is 10.1. The van der Waals surface area contributed by atoms with E-state index in [2.05, 4.69) is 0 Å². The second-order valence-corrected chi connectivity index (χ2v) is 4.88. The van der Waals surface area contributed by atoms with Crippen LogP contribution in [0, 0.1) is 0 Å². The Balaban J connectivity index is 2.23. The molecule has 0 aromatic heterocycles. The molecule has 0 heterocycles. The molecule has 1 aliphatic carbocycles. The molecular formula is C12H23NO3. The molecule has 0 aliphatic heterocycles. The van der Waals surface area contributed by atoms with Gasteiger partial charge in [0.25, 0.3) is 0 Å². The van der Waals surface area contributed by atoms with Crippen LogP contribution in [0.5, 0.6) is 0 Å². The Hall–Kier alpha value is -0.610. The average molecular weight is 229 g/mol. The van der Waals surface area contributed by atoms with Crippen LogP contribution in [0.1, 0.15) is 38.5 Å². The highest BCUT2D eigenvalue weighted by atomic mass is 16.5. The van der Waals surface area contributed by atoms with Crippen molar-refractivity contribution in [2.24, 2.45) is 0 Å². The van der Waals surface area contributed by atoms with Gasteiger partial charge in [0.2, 0.25) is 0 Å². The third kappa shape index (κ3) is 4.10. The SMILES string of the molecule is CN(C)CCCOC(=O)C1(O)CCCCC1. The van der Waals surface area contributed by atoms with Crippen LogP contribution in [0.15, 0.2) is 0 Å². The van der Waals surface area contributed by atoms with Crippen LogP contribution in [0.4, 0.5) is 0 Å². The van der Waals surface area contributed by atoms with E-state index in [0.29, 0.717) is 19.4 Å². The smallest absolute Gasteiger partial charge is 0.338 e. The van der Waals surface area contributed by atoms with Crippen LogP contribution in [0.3, 0.4) is 0 Å². The molecule has 4 heteroatoms. The average Bonchev–Trinajstić information content (AvgIpc) is 2.25. The maximum absolute atomic E-state index is 11.7. The summed E-state index contributed by atoms with van der Waals surface area (Å²) in [6.45, 7) is 1.30. The van der Waals surface area contributed by atoms with Gasteiger partial charge in [-0.15, -0.1) is 0 Å². The lowest BCUT2D eigenvalue weighted by molar-refractivity contribution is -0.169. The fourth-order valence-electron chi connectivity index (χ4n) is 2.02. The zero-order chi connectivity index (χ0) is 12.0. The summed E-state index contributed by atoms with van der Waals surface area (Å²) in [4.78, 5) is 13.7. The number of aliphatic hydroxyl groups is 1. The molecule has 0 aromatic rings. The summed E-state index contributed by atoms with van der Waals surface area (Å²) in [5.41, 5.74) is -1.20. The lowest BCUT2D eigenvalue weighted by Gasteiger charge is -2.29. The molecule has 0 amide bonds. The molecule has 1 saturated carbocycles. The van der Waals surface area contributed by atoms with Crippen molar-refractivity contribution < 1.29 is 14.6 Å². The fourth-order valence-corrected chi connectivity index (χ4v) is 2.02. The first-order valence-corrected chi connectivity index (χ1v) is 6.09. The third-order valence-electron chi connectivity index (χ3n) is 3.04. The van der Waals surface area contributed by atoms with Gasteiger partial charge < -0.3 is 14.7 Å². The summed E-state index contributed by atoms with van der Waals surface area (Å²) < 4.78 is 5.12. The van der Waals surface area contributed by atoms with Crippen LogP contribution < -0.4 is 0 Å². The fraction of sp³-hybridized carbons (Fsp3) is 0.917.